The maximum absolute atomic E-state index is 9.70. The minimum Gasteiger partial charge on any atom is -0.390 e. The molecule has 1 fully saturated rings. The van der Waals surface area contributed by atoms with Crippen molar-refractivity contribution in [3.05, 3.63) is 0 Å². The van der Waals surface area contributed by atoms with Crippen LogP contribution in [0.1, 0.15) is 53.4 Å². The zero-order valence-electron chi connectivity index (χ0n) is 10.8. The normalized spacial score (nSPS) is 22.2. The molecule has 0 bridgehead atoms. The van der Waals surface area contributed by atoms with Crippen molar-refractivity contribution in [1.82, 2.24) is 4.90 Å². The average molecular weight is 213 g/mol. The Morgan fingerprint density at radius 2 is 1.87 bits per heavy atom. The van der Waals surface area contributed by atoms with Crippen LogP contribution >= 0.6 is 0 Å². The number of rotatable bonds is 5. The minimum absolute atomic E-state index is 0.510. The van der Waals surface area contributed by atoms with E-state index in [-0.39, 0.29) is 0 Å². The fourth-order valence-corrected chi connectivity index (χ4v) is 2.48. The molecule has 1 aliphatic rings. The Morgan fingerprint density at radius 1 is 1.27 bits per heavy atom. The zero-order chi connectivity index (χ0) is 11.5. The summed E-state index contributed by atoms with van der Waals surface area (Å²) in [6, 6.07) is 0. The van der Waals surface area contributed by atoms with Crippen molar-refractivity contribution in [2.24, 2.45) is 5.41 Å². The highest BCUT2D eigenvalue weighted by Crippen LogP contribution is 2.37. The van der Waals surface area contributed by atoms with Crippen LogP contribution in [0.4, 0.5) is 0 Å². The summed E-state index contributed by atoms with van der Waals surface area (Å²) in [7, 11) is 0. The van der Waals surface area contributed by atoms with E-state index in [1.54, 1.807) is 0 Å². The summed E-state index contributed by atoms with van der Waals surface area (Å²) in [5, 5.41) is 9.70. The first-order valence-corrected chi connectivity index (χ1v) is 6.35. The molecule has 0 radical (unpaired) electrons. The van der Waals surface area contributed by atoms with E-state index in [4.69, 9.17) is 0 Å². The van der Waals surface area contributed by atoms with Crippen molar-refractivity contribution in [3.63, 3.8) is 0 Å². The van der Waals surface area contributed by atoms with Crippen LogP contribution < -0.4 is 0 Å². The second-order valence-corrected chi connectivity index (χ2v) is 5.80. The molecule has 1 aliphatic heterocycles. The molecule has 15 heavy (non-hydrogen) atoms. The van der Waals surface area contributed by atoms with Crippen LogP contribution in [0.5, 0.6) is 0 Å². The lowest BCUT2D eigenvalue weighted by atomic mass is 9.82. The second kappa shape index (κ2) is 4.84. The van der Waals surface area contributed by atoms with Gasteiger partial charge in [-0.2, -0.15) is 0 Å². The molecule has 0 spiro atoms. The van der Waals surface area contributed by atoms with Crippen molar-refractivity contribution in [1.29, 1.82) is 0 Å². The molecule has 90 valence electrons. The Labute approximate surface area is 94.7 Å². The SMILES string of the molecule is CCC1(CC)CCN(CCC(C)(C)O)C1. The summed E-state index contributed by atoms with van der Waals surface area (Å²) in [6.07, 6.45) is 4.81. The van der Waals surface area contributed by atoms with Crippen LogP contribution in [0.2, 0.25) is 0 Å². The minimum atomic E-state index is -0.510. The Bertz CT molecular complexity index is 191. The first-order valence-electron chi connectivity index (χ1n) is 6.35. The van der Waals surface area contributed by atoms with Crippen LogP contribution in [0.3, 0.4) is 0 Å². The number of aliphatic hydroxyl groups is 1. The third-order valence-corrected chi connectivity index (χ3v) is 4.06. The molecular formula is C13H27NO. The van der Waals surface area contributed by atoms with Gasteiger partial charge in [0.15, 0.2) is 0 Å². The van der Waals surface area contributed by atoms with Crippen LogP contribution in [-0.2, 0) is 0 Å². The van der Waals surface area contributed by atoms with Crippen LogP contribution in [-0.4, -0.2) is 35.2 Å². The van der Waals surface area contributed by atoms with Gasteiger partial charge in [0.2, 0.25) is 0 Å². The average Bonchev–Trinajstić information content (AvgIpc) is 2.58. The van der Waals surface area contributed by atoms with Crippen molar-refractivity contribution >= 4 is 0 Å². The van der Waals surface area contributed by atoms with Crippen LogP contribution in [0.25, 0.3) is 0 Å². The van der Waals surface area contributed by atoms with Gasteiger partial charge in [0.05, 0.1) is 5.60 Å². The Hall–Kier alpha value is -0.0800. The van der Waals surface area contributed by atoms with Gasteiger partial charge in [-0.05, 0) is 51.5 Å². The molecule has 0 saturated carbocycles. The van der Waals surface area contributed by atoms with Gasteiger partial charge in [-0.25, -0.2) is 0 Å². The van der Waals surface area contributed by atoms with E-state index >= 15 is 0 Å². The fourth-order valence-electron chi connectivity index (χ4n) is 2.48. The predicted octanol–water partition coefficient (Wildman–Crippen LogP) is 2.66. The molecule has 1 rings (SSSR count). The highest BCUT2D eigenvalue weighted by atomic mass is 16.3. The largest absolute Gasteiger partial charge is 0.390 e. The summed E-state index contributed by atoms with van der Waals surface area (Å²) in [6.45, 7) is 11.9. The van der Waals surface area contributed by atoms with E-state index in [1.807, 2.05) is 13.8 Å². The first-order chi connectivity index (χ1) is 6.91. The quantitative estimate of drug-likeness (QED) is 0.759. The molecule has 0 aromatic rings. The monoisotopic (exact) mass is 213 g/mol. The molecule has 0 unspecified atom stereocenters. The van der Waals surface area contributed by atoms with E-state index in [0.29, 0.717) is 5.41 Å². The van der Waals surface area contributed by atoms with Gasteiger partial charge in [0.25, 0.3) is 0 Å². The Balaban J connectivity index is 2.36. The zero-order valence-corrected chi connectivity index (χ0v) is 10.8. The van der Waals surface area contributed by atoms with Gasteiger partial charge in [0.1, 0.15) is 0 Å². The van der Waals surface area contributed by atoms with Gasteiger partial charge in [-0.15, -0.1) is 0 Å². The molecule has 0 aliphatic carbocycles. The Kier molecular flexibility index (Phi) is 4.19. The standard InChI is InChI=1S/C13H27NO/c1-5-13(6-2)8-10-14(11-13)9-7-12(3,4)15/h15H,5-11H2,1-4H3. The van der Waals surface area contributed by atoms with E-state index in [9.17, 15) is 5.11 Å². The Morgan fingerprint density at radius 3 is 2.27 bits per heavy atom. The predicted molar refractivity (Wildman–Crippen MR) is 65.0 cm³/mol. The first kappa shape index (κ1) is 13.0. The van der Waals surface area contributed by atoms with Crippen molar-refractivity contribution in [2.45, 2.75) is 59.0 Å². The molecule has 2 nitrogen and oxygen atoms in total. The van der Waals surface area contributed by atoms with Crippen molar-refractivity contribution < 1.29 is 5.11 Å². The summed E-state index contributed by atoms with van der Waals surface area (Å²) in [5.74, 6) is 0. The third-order valence-electron chi connectivity index (χ3n) is 4.06. The van der Waals surface area contributed by atoms with Crippen LogP contribution in [0.15, 0.2) is 0 Å². The third kappa shape index (κ3) is 3.76. The number of nitrogens with zero attached hydrogens (tertiary/aromatic N) is 1. The number of likely N-dealkylation sites (tertiary alicyclic amines) is 1. The van der Waals surface area contributed by atoms with Gasteiger partial charge in [0, 0.05) is 13.1 Å². The molecule has 0 aromatic heterocycles. The van der Waals surface area contributed by atoms with E-state index in [0.717, 1.165) is 13.0 Å². The lowest BCUT2D eigenvalue weighted by Gasteiger charge is -2.27. The lowest BCUT2D eigenvalue weighted by molar-refractivity contribution is 0.0588. The molecule has 0 amide bonds. The van der Waals surface area contributed by atoms with E-state index in [1.165, 1.54) is 32.4 Å². The molecule has 1 heterocycles. The van der Waals surface area contributed by atoms with E-state index in [2.05, 4.69) is 18.7 Å². The van der Waals surface area contributed by atoms with Gasteiger partial charge < -0.3 is 10.0 Å². The smallest absolute Gasteiger partial charge is 0.0603 e. The molecule has 0 aromatic carbocycles. The molecule has 1 N–H and O–H groups in total. The highest BCUT2D eigenvalue weighted by Gasteiger charge is 2.34. The molecule has 1 saturated heterocycles. The topological polar surface area (TPSA) is 23.5 Å². The van der Waals surface area contributed by atoms with E-state index < -0.39 is 5.60 Å². The lowest BCUT2D eigenvalue weighted by Crippen LogP contribution is -2.31. The highest BCUT2D eigenvalue weighted by molar-refractivity contribution is 4.88. The maximum Gasteiger partial charge on any atom is 0.0603 e. The van der Waals surface area contributed by atoms with Gasteiger partial charge in [-0.1, -0.05) is 13.8 Å². The second-order valence-electron chi connectivity index (χ2n) is 5.80. The van der Waals surface area contributed by atoms with Gasteiger partial charge >= 0.3 is 0 Å². The molecule has 2 heteroatoms. The number of hydrogen-bond acceptors (Lipinski definition) is 2. The molecular weight excluding hydrogens is 186 g/mol. The summed E-state index contributed by atoms with van der Waals surface area (Å²) < 4.78 is 0. The summed E-state index contributed by atoms with van der Waals surface area (Å²) in [4.78, 5) is 2.52. The van der Waals surface area contributed by atoms with Gasteiger partial charge in [-0.3, -0.25) is 0 Å². The molecule has 0 atom stereocenters. The summed E-state index contributed by atoms with van der Waals surface area (Å²) in [5.41, 5.74) is 0.0588. The van der Waals surface area contributed by atoms with Crippen molar-refractivity contribution in [2.75, 3.05) is 19.6 Å². The fraction of sp³-hybridized carbons (Fsp3) is 1.00. The summed E-state index contributed by atoms with van der Waals surface area (Å²) >= 11 is 0. The maximum atomic E-state index is 9.70. The van der Waals surface area contributed by atoms with Crippen LogP contribution in [0, 0.1) is 5.41 Å². The number of hydrogen-bond donors (Lipinski definition) is 1. The van der Waals surface area contributed by atoms with Crippen molar-refractivity contribution in [3.8, 4) is 0 Å².